The number of rotatable bonds is 36. The molecule has 6 heterocycles. The van der Waals surface area contributed by atoms with Crippen molar-refractivity contribution in [2.75, 3.05) is 26.2 Å². The molecule has 0 unspecified atom stereocenters. The highest BCUT2D eigenvalue weighted by molar-refractivity contribution is 5.85. The molecule has 11 aromatic carbocycles. The minimum Gasteiger partial charge on any atom is -0.312 e. The van der Waals surface area contributed by atoms with E-state index in [2.05, 4.69) is 305 Å². The number of nitrogens with zero attached hydrogens (tertiary/aromatic N) is 23. The summed E-state index contributed by atoms with van der Waals surface area (Å²) in [6.07, 6.45) is 14.6. The summed E-state index contributed by atoms with van der Waals surface area (Å²) in [6, 6.07) is 109. The Morgan fingerprint density at radius 3 is 0.867 bits per heavy atom. The summed E-state index contributed by atoms with van der Waals surface area (Å²) in [5.74, 6) is 3.66. The van der Waals surface area contributed by atoms with Crippen LogP contribution in [0.4, 0.5) is 0 Å². The molecule has 0 bridgehead atoms. The molecule has 0 saturated heterocycles. The van der Waals surface area contributed by atoms with Gasteiger partial charge in [-0.15, -0.1) is 40.8 Å². The van der Waals surface area contributed by atoms with E-state index in [4.69, 9.17) is 31.3 Å². The van der Waals surface area contributed by atoms with E-state index >= 15 is 0 Å². The number of benzene rings is 11. The summed E-state index contributed by atoms with van der Waals surface area (Å²) in [7, 11) is 0. The second-order valence-corrected chi connectivity index (χ2v) is 34.1. The molecule has 0 saturated carbocycles. The van der Waals surface area contributed by atoms with Crippen molar-refractivity contribution in [2.45, 2.75) is 139 Å². The fourth-order valence-corrected chi connectivity index (χ4v) is 15.8. The van der Waals surface area contributed by atoms with E-state index in [9.17, 15) is 0 Å². The van der Waals surface area contributed by atoms with Crippen LogP contribution in [0.25, 0.3) is 10.8 Å². The van der Waals surface area contributed by atoms with Gasteiger partial charge in [-0.2, -0.15) is 26.3 Å². The molecule has 23 nitrogen and oxygen atoms in total. The first-order chi connectivity index (χ1) is 66.1. The first-order valence-electron chi connectivity index (χ1n) is 45.4. The average Bonchev–Trinajstić information content (AvgIpc) is 1.53. The highest BCUT2D eigenvalue weighted by atomic mass is 15.3. The normalized spacial score (nSPS) is 10.9. The second kappa shape index (κ2) is 49.2. The van der Waals surface area contributed by atoms with Crippen molar-refractivity contribution in [3.63, 3.8) is 0 Å². The third-order valence-electron chi connectivity index (χ3n) is 23.6. The van der Waals surface area contributed by atoms with Crippen LogP contribution >= 0.6 is 0 Å². The minimum atomic E-state index is 0.650. The maximum Gasteiger partial charge on any atom is 0.147 e. The van der Waals surface area contributed by atoms with Crippen molar-refractivity contribution < 1.29 is 0 Å². The Balaban J connectivity index is 0.000000144. The zero-order chi connectivity index (χ0) is 93.7. The lowest BCUT2D eigenvalue weighted by Crippen LogP contribution is -2.27. The molecule has 0 amide bonds. The Kier molecular flexibility index (Phi) is 34.6. The molecule has 0 aliphatic carbocycles. The SMILES string of the molecule is Cc1ccc(CCN(Cc2ccc(C#N)cc2)Cc2nncn2Cc2ccc(C#N)cc2)cc1.Cc1ccc(CCN(Cc2cccc(C)n2)Cc2nncn2Cc2ccc(C#N)cc2)cc1.Cc1ccc(CCN(Cc2cccc3ccccc23)Cc2nncn2Cc2ccc(C#N)cc2)cc1.Cc1ccc(CCN(Cc2ccncc2)Cc2nncn2Cc2ccc(C#N)cc2)cc1. The molecule has 0 N–H and O–H groups in total. The predicted molar refractivity (Wildman–Crippen MR) is 525 cm³/mol. The summed E-state index contributed by atoms with van der Waals surface area (Å²) in [6.45, 7) is 22.6. The number of fused-ring (bicyclic) bond motifs is 1. The Bertz CT molecular complexity index is 6790. The topological polar surface area (TPSA) is 281 Å². The van der Waals surface area contributed by atoms with Gasteiger partial charge in [0.1, 0.15) is 48.6 Å². The Morgan fingerprint density at radius 1 is 0.259 bits per heavy atom. The Hall–Kier alpha value is -16.2. The van der Waals surface area contributed by atoms with Crippen LogP contribution in [-0.4, -0.2) is 115 Å². The molecular weight excluding hydrogens is 1670 g/mol. The molecule has 6 aromatic heterocycles. The monoisotopic (exact) mass is 1780 g/mol. The van der Waals surface area contributed by atoms with Gasteiger partial charge in [0.2, 0.25) is 0 Å². The van der Waals surface area contributed by atoms with E-state index in [0.717, 1.165) is 141 Å². The lowest BCUT2D eigenvalue weighted by molar-refractivity contribution is 0.247. The molecule has 0 aliphatic rings. The molecule has 17 rings (SSSR count). The molecule has 135 heavy (non-hydrogen) atoms. The summed E-state index contributed by atoms with van der Waals surface area (Å²) in [5.41, 5.74) is 23.9. The van der Waals surface area contributed by atoms with Gasteiger partial charge >= 0.3 is 0 Å². The first-order valence-corrected chi connectivity index (χ1v) is 45.4. The number of pyridine rings is 2. The lowest BCUT2D eigenvalue weighted by atomic mass is 10.0. The van der Waals surface area contributed by atoms with Gasteiger partial charge in [0.05, 0.1) is 116 Å². The number of hydrogen-bond donors (Lipinski definition) is 0. The summed E-state index contributed by atoms with van der Waals surface area (Å²) >= 11 is 0. The van der Waals surface area contributed by atoms with E-state index in [1.165, 1.54) is 66.4 Å². The standard InChI is InChI=1S/C31H29N5.C28H26N6.C27H28N6.C26H26N6/c1-24-9-11-25(12-10-24)17-18-35(21-29-7-4-6-28-5-2-3-8-30(28)29)22-31-34-33-23-36(31)20-27-15-13-26(19-32)14-16-27;1-22-2-4-23(5-3-22)14-15-33(18-26-10-6-24(16-29)7-11-26)20-28-32-31-21-34(28)19-27-12-8-25(17-30)9-13-27;1-21-6-8-23(9-7-21)14-15-32(18-26-5-3-4-22(2)30-26)19-27-31-29-20-33(27)17-25-12-10-24(16-28)11-13-25;1-21-2-4-22(5-3-21)12-15-31(17-25-10-13-28-14-11-25)19-26-30-29-20-32(26)18-24-8-6-23(16-27)7-9-24/h2-16,23H,17-18,20-22H2,1H3;2-13,21H,14-15,18-20H2,1H3;3-13,20H,14-15,17-19H2,1-2H3;2-11,13-14,20H,12,15,17-19H2,1H3. The fourth-order valence-electron chi connectivity index (χ4n) is 15.8. The van der Waals surface area contributed by atoms with Crippen molar-refractivity contribution >= 4 is 10.8 Å². The number of hydrogen-bond acceptors (Lipinski definition) is 19. The van der Waals surface area contributed by atoms with Gasteiger partial charge in [0, 0.05) is 70.4 Å². The van der Waals surface area contributed by atoms with Gasteiger partial charge in [-0.3, -0.25) is 29.6 Å². The van der Waals surface area contributed by atoms with Crippen LogP contribution in [0, 0.1) is 91.3 Å². The Labute approximate surface area is 791 Å². The van der Waals surface area contributed by atoms with E-state index < -0.39 is 0 Å². The fraction of sp³-hybridized carbons (Fsp3) is 0.223. The van der Waals surface area contributed by atoms with E-state index in [-0.39, 0.29) is 0 Å². The van der Waals surface area contributed by atoms with Gasteiger partial charge in [0.15, 0.2) is 0 Å². The highest BCUT2D eigenvalue weighted by Gasteiger charge is 2.20. The molecule has 672 valence electrons. The van der Waals surface area contributed by atoms with E-state index in [1.807, 2.05) is 147 Å². The summed E-state index contributed by atoms with van der Waals surface area (Å²) < 4.78 is 8.30. The van der Waals surface area contributed by atoms with Crippen LogP contribution in [0.3, 0.4) is 0 Å². The summed E-state index contributed by atoms with van der Waals surface area (Å²) in [5, 5.41) is 82.2. The first kappa shape index (κ1) is 94.9. The molecule has 0 radical (unpaired) electrons. The lowest BCUT2D eigenvalue weighted by Gasteiger charge is -2.23. The quantitative estimate of drug-likeness (QED) is 0.0353. The van der Waals surface area contributed by atoms with E-state index in [0.29, 0.717) is 80.2 Å². The number of aromatic nitrogens is 14. The molecule has 0 aliphatic heterocycles. The minimum absolute atomic E-state index is 0.650. The molecule has 0 fully saturated rings. The molecular formula is C112H109N23. The van der Waals surface area contributed by atoms with Crippen LogP contribution in [0.1, 0.15) is 146 Å². The van der Waals surface area contributed by atoms with Crippen molar-refractivity contribution in [1.82, 2.24) is 88.6 Å². The van der Waals surface area contributed by atoms with Crippen molar-refractivity contribution in [3.05, 3.63) is 475 Å². The van der Waals surface area contributed by atoms with Gasteiger partial charge in [-0.1, -0.05) is 229 Å². The zero-order valence-electron chi connectivity index (χ0n) is 77.1. The predicted octanol–water partition coefficient (Wildman–Crippen LogP) is 19.1. The van der Waals surface area contributed by atoms with Gasteiger partial charge in [0.25, 0.3) is 0 Å². The van der Waals surface area contributed by atoms with Crippen LogP contribution in [0.15, 0.2) is 329 Å². The zero-order valence-corrected chi connectivity index (χ0v) is 77.1. The molecule has 17 aromatic rings. The van der Waals surface area contributed by atoms with Gasteiger partial charge in [-0.25, -0.2) is 0 Å². The average molecular weight is 1780 g/mol. The third kappa shape index (κ3) is 29.7. The second-order valence-electron chi connectivity index (χ2n) is 34.1. The largest absolute Gasteiger partial charge is 0.312 e. The van der Waals surface area contributed by atoms with Gasteiger partial charge < -0.3 is 18.3 Å². The van der Waals surface area contributed by atoms with Crippen LogP contribution in [0.5, 0.6) is 0 Å². The van der Waals surface area contributed by atoms with Crippen LogP contribution in [-0.2, 0) is 104 Å². The van der Waals surface area contributed by atoms with Crippen molar-refractivity contribution in [3.8, 4) is 30.3 Å². The van der Waals surface area contributed by atoms with E-state index in [1.54, 1.807) is 25.3 Å². The number of nitriles is 5. The maximum absolute atomic E-state index is 9.10. The third-order valence-corrected chi connectivity index (χ3v) is 23.6. The van der Waals surface area contributed by atoms with Gasteiger partial charge in [-0.05, 0) is 217 Å². The van der Waals surface area contributed by atoms with Crippen molar-refractivity contribution in [1.29, 1.82) is 26.3 Å². The van der Waals surface area contributed by atoms with Crippen molar-refractivity contribution in [2.24, 2.45) is 0 Å². The highest BCUT2D eigenvalue weighted by Crippen LogP contribution is 2.25. The molecule has 0 spiro atoms. The molecule has 0 atom stereocenters. The Morgan fingerprint density at radius 2 is 0.541 bits per heavy atom. The van der Waals surface area contributed by atoms with Crippen LogP contribution < -0.4 is 0 Å². The number of aryl methyl sites for hydroxylation is 5. The maximum atomic E-state index is 9.10. The smallest absolute Gasteiger partial charge is 0.147 e. The summed E-state index contributed by atoms with van der Waals surface area (Å²) in [4.78, 5) is 18.4. The van der Waals surface area contributed by atoms with Crippen LogP contribution in [0.2, 0.25) is 0 Å². The molecule has 23 heteroatoms.